The maximum Gasteiger partial charge on any atom is 0.254 e. The van der Waals surface area contributed by atoms with Crippen LogP contribution in [0.15, 0.2) is 48.5 Å². The summed E-state index contributed by atoms with van der Waals surface area (Å²) in [7, 11) is 3.17. The van der Waals surface area contributed by atoms with E-state index >= 15 is 0 Å². The van der Waals surface area contributed by atoms with Crippen molar-refractivity contribution in [1.29, 1.82) is 0 Å². The summed E-state index contributed by atoms with van der Waals surface area (Å²) in [5, 5.41) is 2.82. The summed E-state index contributed by atoms with van der Waals surface area (Å²) < 4.78 is 10.6. The molecule has 9 nitrogen and oxygen atoms in total. The van der Waals surface area contributed by atoms with Crippen molar-refractivity contribution >= 4 is 17.7 Å². The van der Waals surface area contributed by atoms with Crippen molar-refractivity contribution in [2.24, 2.45) is 11.7 Å². The van der Waals surface area contributed by atoms with E-state index in [0.29, 0.717) is 49.7 Å². The number of amides is 3. The van der Waals surface area contributed by atoms with Crippen molar-refractivity contribution in [3.63, 3.8) is 0 Å². The molecule has 1 saturated heterocycles. The molecule has 36 heavy (non-hydrogen) atoms. The molecule has 3 N–H and O–H groups in total. The first-order chi connectivity index (χ1) is 17.4. The van der Waals surface area contributed by atoms with Gasteiger partial charge in [0.25, 0.3) is 5.91 Å². The summed E-state index contributed by atoms with van der Waals surface area (Å²) in [4.78, 5) is 43.3. The number of nitrogens with zero attached hydrogens (tertiary/aromatic N) is 2. The van der Waals surface area contributed by atoms with Crippen LogP contribution < -0.4 is 20.5 Å². The number of carbonyl (C=O) groups is 3. The Morgan fingerprint density at radius 1 is 1.06 bits per heavy atom. The van der Waals surface area contributed by atoms with Gasteiger partial charge in [0.2, 0.25) is 11.8 Å². The first kappa shape index (κ1) is 25.5. The van der Waals surface area contributed by atoms with Crippen LogP contribution in [0.25, 0.3) is 0 Å². The molecule has 2 fully saturated rings. The Bertz CT molecular complexity index is 1090. The molecule has 3 amide bonds. The molecule has 1 heterocycles. The normalized spacial score (nSPS) is 19.0. The van der Waals surface area contributed by atoms with Gasteiger partial charge >= 0.3 is 0 Å². The zero-order valence-corrected chi connectivity index (χ0v) is 20.8. The molecule has 0 spiro atoms. The van der Waals surface area contributed by atoms with Crippen LogP contribution in [0.2, 0.25) is 0 Å². The molecule has 0 bridgehead atoms. The predicted molar refractivity (Wildman–Crippen MR) is 135 cm³/mol. The fraction of sp³-hybridized carbons (Fsp3) is 0.444. The van der Waals surface area contributed by atoms with Crippen LogP contribution in [-0.4, -0.2) is 73.5 Å². The Morgan fingerprint density at radius 2 is 1.78 bits per heavy atom. The lowest BCUT2D eigenvalue weighted by molar-refractivity contribution is -0.139. The van der Waals surface area contributed by atoms with Crippen molar-refractivity contribution in [3.05, 3.63) is 59.7 Å². The summed E-state index contributed by atoms with van der Waals surface area (Å²) in [6.07, 6.45) is 2.05. The molecule has 2 atom stereocenters. The van der Waals surface area contributed by atoms with Gasteiger partial charge in [-0.05, 0) is 61.2 Å². The molecular formula is C27H34N4O5. The van der Waals surface area contributed by atoms with Crippen LogP contribution in [0.3, 0.4) is 0 Å². The van der Waals surface area contributed by atoms with E-state index in [0.717, 1.165) is 18.4 Å². The molecule has 1 aliphatic heterocycles. The number of rotatable bonds is 10. The zero-order chi connectivity index (χ0) is 25.7. The fourth-order valence-corrected chi connectivity index (χ4v) is 4.64. The maximum atomic E-state index is 13.8. The highest BCUT2D eigenvalue weighted by Gasteiger charge is 2.46. The van der Waals surface area contributed by atoms with Crippen molar-refractivity contribution < 1.29 is 23.9 Å². The van der Waals surface area contributed by atoms with Crippen LogP contribution in [-0.2, 0) is 16.1 Å². The number of hydrogen-bond acceptors (Lipinski definition) is 6. The second-order valence-electron chi connectivity index (χ2n) is 9.26. The van der Waals surface area contributed by atoms with E-state index in [2.05, 4.69) is 5.32 Å². The summed E-state index contributed by atoms with van der Waals surface area (Å²) in [6, 6.07) is 13.5. The van der Waals surface area contributed by atoms with E-state index < -0.39 is 6.04 Å². The van der Waals surface area contributed by atoms with Crippen molar-refractivity contribution in [2.75, 3.05) is 33.9 Å². The fourth-order valence-electron chi connectivity index (χ4n) is 4.64. The number of methoxy groups -OCH3 is 2. The van der Waals surface area contributed by atoms with Gasteiger partial charge < -0.3 is 30.3 Å². The van der Waals surface area contributed by atoms with Gasteiger partial charge in [0, 0.05) is 37.7 Å². The standard InChI is InChI=1S/C27H34N4O5/c1-35-22-10-8-20(9-11-22)26(33)30(16-18-4-3-5-23(14-18)36-2)21-15-24(25(32)29-13-12-28)31(17-21)27(34)19-6-7-19/h3-5,8-11,14,19,21,24H,6-7,12-13,15-17,28H2,1-2H3,(H,29,32). The number of ether oxygens (including phenoxy) is 2. The highest BCUT2D eigenvalue weighted by atomic mass is 16.5. The number of carbonyl (C=O) groups excluding carboxylic acids is 3. The lowest BCUT2D eigenvalue weighted by Crippen LogP contribution is -2.47. The van der Waals surface area contributed by atoms with E-state index in [4.69, 9.17) is 15.2 Å². The average molecular weight is 495 g/mol. The van der Waals surface area contributed by atoms with E-state index in [1.54, 1.807) is 48.3 Å². The molecule has 2 aromatic rings. The minimum atomic E-state index is -0.633. The molecule has 0 radical (unpaired) electrons. The SMILES string of the molecule is COc1ccc(C(=O)N(Cc2cccc(OC)c2)C2CC(C(=O)NCCN)N(C(=O)C3CC3)C2)cc1. The Kier molecular flexibility index (Phi) is 8.10. The highest BCUT2D eigenvalue weighted by molar-refractivity contribution is 5.95. The minimum absolute atomic E-state index is 0.0105. The quantitative estimate of drug-likeness (QED) is 0.521. The summed E-state index contributed by atoms with van der Waals surface area (Å²) in [6.45, 7) is 1.28. The number of benzene rings is 2. The van der Waals surface area contributed by atoms with Gasteiger partial charge in [-0.3, -0.25) is 14.4 Å². The monoisotopic (exact) mass is 494 g/mol. The average Bonchev–Trinajstić information content (AvgIpc) is 3.68. The third kappa shape index (κ3) is 5.79. The van der Waals surface area contributed by atoms with Crippen molar-refractivity contribution in [1.82, 2.24) is 15.1 Å². The number of nitrogens with two attached hydrogens (primary N) is 1. The van der Waals surface area contributed by atoms with Crippen LogP contribution in [0, 0.1) is 5.92 Å². The van der Waals surface area contributed by atoms with Gasteiger partial charge in [-0.2, -0.15) is 0 Å². The molecule has 0 aromatic heterocycles. The van der Waals surface area contributed by atoms with Crippen LogP contribution in [0.4, 0.5) is 0 Å². The van der Waals surface area contributed by atoms with Gasteiger partial charge in [0.1, 0.15) is 17.5 Å². The molecule has 1 aliphatic carbocycles. The maximum absolute atomic E-state index is 13.8. The first-order valence-corrected chi connectivity index (χ1v) is 12.3. The van der Waals surface area contributed by atoms with E-state index in [-0.39, 0.29) is 29.7 Å². The van der Waals surface area contributed by atoms with Crippen LogP contribution in [0.1, 0.15) is 35.2 Å². The lowest BCUT2D eigenvalue weighted by Gasteiger charge is -2.29. The molecule has 2 aliphatic rings. The van der Waals surface area contributed by atoms with E-state index in [1.807, 2.05) is 24.3 Å². The topological polar surface area (TPSA) is 114 Å². The van der Waals surface area contributed by atoms with Gasteiger partial charge in [0.05, 0.1) is 20.3 Å². The van der Waals surface area contributed by atoms with Crippen molar-refractivity contribution in [3.8, 4) is 11.5 Å². The largest absolute Gasteiger partial charge is 0.497 e. The zero-order valence-electron chi connectivity index (χ0n) is 20.8. The second kappa shape index (κ2) is 11.4. The summed E-state index contributed by atoms with van der Waals surface area (Å²) in [5.41, 5.74) is 6.98. The first-order valence-electron chi connectivity index (χ1n) is 12.3. The lowest BCUT2D eigenvalue weighted by atomic mass is 10.1. The molecule has 9 heteroatoms. The minimum Gasteiger partial charge on any atom is -0.497 e. The van der Waals surface area contributed by atoms with Gasteiger partial charge in [-0.15, -0.1) is 0 Å². The Balaban J connectivity index is 1.63. The number of nitrogens with one attached hydrogen (secondary N) is 1. The van der Waals surface area contributed by atoms with Gasteiger partial charge in [0.15, 0.2) is 0 Å². The number of likely N-dealkylation sites (tertiary alicyclic amines) is 1. The molecule has 192 valence electrons. The van der Waals surface area contributed by atoms with Crippen LogP contribution in [0.5, 0.6) is 11.5 Å². The molecule has 1 saturated carbocycles. The van der Waals surface area contributed by atoms with Gasteiger partial charge in [-0.1, -0.05) is 12.1 Å². The molecule has 2 aromatic carbocycles. The number of hydrogen-bond donors (Lipinski definition) is 2. The Labute approximate surface area is 211 Å². The van der Waals surface area contributed by atoms with E-state index in [1.165, 1.54) is 0 Å². The third-order valence-electron chi connectivity index (χ3n) is 6.76. The predicted octanol–water partition coefficient (Wildman–Crippen LogP) is 1.80. The highest BCUT2D eigenvalue weighted by Crippen LogP contribution is 2.35. The smallest absolute Gasteiger partial charge is 0.254 e. The Hall–Kier alpha value is -3.59. The van der Waals surface area contributed by atoms with Crippen molar-refractivity contribution in [2.45, 2.75) is 37.9 Å². The summed E-state index contributed by atoms with van der Waals surface area (Å²) >= 11 is 0. The molecule has 4 rings (SSSR count). The molecule has 2 unspecified atom stereocenters. The second-order valence-corrected chi connectivity index (χ2v) is 9.26. The third-order valence-corrected chi connectivity index (χ3v) is 6.76. The Morgan fingerprint density at radius 3 is 2.42 bits per heavy atom. The van der Waals surface area contributed by atoms with Gasteiger partial charge in [-0.25, -0.2) is 0 Å². The van der Waals surface area contributed by atoms with E-state index in [9.17, 15) is 14.4 Å². The molecular weight excluding hydrogens is 460 g/mol. The van der Waals surface area contributed by atoms with Crippen LogP contribution >= 0.6 is 0 Å². The summed E-state index contributed by atoms with van der Waals surface area (Å²) in [5.74, 6) is 0.911.